The lowest BCUT2D eigenvalue weighted by molar-refractivity contribution is 0.245. The number of halogens is 2. The Morgan fingerprint density at radius 3 is 2.81 bits per heavy atom. The van der Waals surface area contributed by atoms with Gasteiger partial charge in [0, 0.05) is 23.6 Å². The van der Waals surface area contributed by atoms with E-state index in [0.29, 0.717) is 17.4 Å². The van der Waals surface area contributed by atoms with Crippen LogP contribution in [0.2, 0.25) is 5.02 Å². The number of carbonyl (C=O) groups excluding carboxylic acids is 1. The fourth-order valence-electron chi connectivity index (χ4n) is 1.03. The van der Waals surface area contributed by atoms with Crippen LogP contribution in [0.1, 0.15) is 5.56 Å². The van der Waals surface area contributed by atoms with E-state index < -0.39 is 0 Å². The van der Waals surface area contributed by atoms with E-state index in [1.54, 1.807) is 12.1 Å². The summed E-state index contributed by atoms with van der Waals surface area (Å²) in [5, 5.41) is 5.75. The maximum absolute atomic E-state index is 11.1. The van der Waals surface area contributed by atoms with Gasteiger partial charge in [0.2, 0.25) is 0 Å². The van der Waals surface area contributed by atoms with Crippen LogP contribution in [0.3, 0.4) is 0 Å². The average molecular weight is 259 g/mol. The van der Waals surface area contributed by atoms with E-state index in [-0.39, 0.29) is 6.03 Å². The van der Waals surface area contributed by atoms with Crippen molar-refractivity contribution in [1.29, 1.82) is 0 Å². The number of urea groups is 1. The van der Waals surface area contributed by atoms with Crippen LogP contribution >= 0.6 is 23.2 Å². The first-order valence-electron chi connectivity index (χ1n) is 4.75. The smallest absolute Gasteiger partial charge is 0.318 e. The van der Waals surface area contributed by atoms with Crippen molar-refractivity contribution < 1.29 is 4.79 Å². The van der Waals surface area contributed by atoms with Crippen molar-refractivity contribution in [3.63, 3.8) is 0 Å². The van der Waals surface area contributed by atoms with Crippen LogP contribution in [0.15, 0.2) is 30.5 Å². The van der Waals surface area contributed by atoms with Gasteiger partial charge in [0.05, 0.1) is 0 Å². The molecule has 1 aromatic rings. The number of hydrogen-bond donors (Lipinski definition) is 2. The minimum atomic E-state index is -0.288. The second-order valence-electron chi connectivity index (χ2n) is 2.94. The number of amides is 2. The summed E-state index contributed by atoms with van der Waals surface area (Å²) in [6.45, 7) is 0.438. The second-order valence-corrected chi connectivity index (χ2v) is 3.73. The Balaban J connectivity index is 2.43. The van der Waals surface area contributed by atoms with E-state index in [9.17, 15) is 4.79 Å². The second kappa shape index (κ2) is 7.14. The Hall–Kier alpha value is -1.19. The Kier molecular flexibility index (Phi) is 5.75. The summed E-state index contributed by atoms with van der Waals surface area (Å²) in [6, 6.07) is 7.08. The minimum absolute atomic E-state index is 0.288. The number of hydrogen-bond acceptors (Lipinski definition) is 1. The number of carbonyl (C=O) groups is 1. The van der Waals surface area contributed by atoms with Crippen molar-refractivity contribution in [1.82, 2.24) is 10.6 Å². The van der Waals surface area contributed by atoms with Gasteiger partial charge in [0.1, 0.15) is 0 Å². The molecular formula is C11H12Cl2N2O. The van der Waals surface area contributed by atoms with Crippen LogP contribution in [-0.4, -0.2) is 18.5 Å². The van der Waals surface area contributed by atoms with Crippen LogP contribution in [0.4, 0.5) is 4.79 Å². The van der Waals surface area contributed by atoms with Gasteiger partial charge >= 0.3 is 6.03 Å². The van der Waals surface area contributed by atoms with E-state index in [2.05, 4.69) is 10.6 Å². The highest BCUT2D eigenvalue weighted by atomic mass is 35.5. The summed E-state index contributed by atoms with van der Waals surface area (Å²) < 4.78 is 0. The zero-order valence-corrected chi connectivity index (χ0v) is 10.1. The van der Waals surface area contributed by atoms with E-state index in [0.717, 1.165) is 5.56 Å². The predicted octanol–water partition coefficient (Wildman–Crippen LogP) is 2.85. The van der Waals surface area contributed by atoms with Crippen molar-refractivity contribution in [3.05, 3.63) is 41.1 Å². The molecule has 86 valence electrons. The number of benzene rings is 1. The third-order valence-corrected chi connectivity index (χ3v) is 2.30. The first-order valence-corrected chi connectivity index (χ1v) is 5.66. The maximum Gasteiger partial charge on any atom is 0.318 e. The third-order valence-electron chi connectivity index (χ3n) is 1.76. The molecule has 0 radical (unpaired) electrons. The van der Waals surface area contributed by atoms with Gasteiger partial charge in [-0.05, 0) is 17.7 Å². The molecule has 0 spiro atoms. The van der Waals surface area contributed by atoms with Crippen LogP contribution in [0, 0.1) is 0 Å². The first-order chi connectivity index (χ1) is 7.74. The molecule has 16 heavy (non-hydrogen) atoms. The quantitative estimate of drug-likeness (QED) is 0.802. The van der Waals surface area contributed by atoms with Crippen molar-refractivity contribution in [2.75, 3.05) is 12.4 Å². The van der Waals surface area contributed by atoms with E-state index in [1.165, 1.54) is 6.20 Å². The summed E-state index contributed by atoms with van der Waals surface area (Å²) in [5.74, 6) is 0.391. The lowest BCUT2D eigenvalue weighted by Gasteiger charge is -2.01. The molecule has 1 aromatic carbocycles. The van der Waals surface area contributed by atoms with Gasteiger partial charge in [-0.2, -0.15) is 0 Å². The molecule has 0 fully saturated rings. The van der Waals surface area contributed by atoms with Crippen molar-refractivity contribution >= 4 is 35.3 Å². The molecule has 1 rings (SSSR count). The van der Waals surface area contributed by atoms with Crippen LogP contribution in [0.25, 0.3) is 6.08 Å². The molecule has 0 bridgehead atoms. The van der Waals surface area contributed by atoms with Crippen molar-refractivity contribution in [2.24, 2.45) is 0 Å². The fraction of sp³-hybridized carbons (Fsp3) is 0.182. The number of nitrogens with one attached hydrogen (secondary N) is 2. The van der Waals surface area contributed by atoms with Crippen LogP contribution in [0.5, 0.6) is 0 Å². The predicted molar refractivity (Wildman–Crippen MR) is 67.7 cm³/mol. The summed E-state index contributed by atoms with van der Waals surface area (Å²) in [4.78, 5) is 11.1. The summed E-state index contributed by atoms with van der Waals surface area (Å²) in [7, 11) is 0. The van der Waals surface area contributed by atoms with E-state index >= 15 is 0 Å². The van der Waals surface area contributed by atoms with Crippen molar-refractivity contribution in [2.45, 2.75) is 0 Å². The molecule has 0 saturated heterocycles. The zero-order valence-electron chi connectivity index (χ0n) is 8.54. The standard InChI is InChI=1S/C11H12Cl2N2O/c12-6-8-15-11(16)14-7-5-9-3-1-2-4-10(9)13/h1-5,7H,6,8H2,(H2,14,15,16)/b7-5+. The van der Waals surface area contributed by atoms with Gasteiger partial charge in [0.15, 0.2) is 0 Å². The number of alkyl halides is 1. The number of rotatable bonds is 4. The molecule has 0 aliphatic carbocycles. The fourth-order valence-corrected chi connectivity index (χ4v) is 1.32. The van der Waals surface area contributed by atoms with Gasteiger partial charge < -0.3 is 10.6 Å². The van der Waals surface area contributed by atoms with Gasteiger partial charge in [-0.25, -0.2) is 4.79 Å². The summed E-state index contributed by atoms with van der Waals surface area (Å²) >= 11 is 11.3. The van der Waals surface area contributed by atoms with Crippen molar-refractivity contribution in [3.8, 4) is 0 Å². The molecule has 0 aromatic heterocycles. The summed E-state index contributed by atoms with van der Waals surface area (Å²) in [5.41, 5.74) is 0.849. The molecule has 0 aliphatic rings. The molecule has 2 amide bonds. The van der Waals surface area contributed by atoms with E-state index in [1.807, 2.05) is 18.2 Å². The Labute approximate surface area is 104 Å². The average Bonchev–Trinajstić information content (AvgIpc) is 2.29. The molecule has 0 saturated carbocycles. The highest BCUT2D eigenvalue weighted by Gasteiger charge is 1.95. The normalized spacial score (nSPS) is 10.4. The SMILES string of the molecule is O=C(N/C=C/c1ccccc1Cl)NCCCl. The lowest BCUT2D eigenvalue weighted by Crippen LogP contribution is -2.33. The Morgan fingerprint density at radius 1 is 1.38 bits per heavy atom. The highest BCUT2D eigenvalue weighted by Crippen LogP contribution is 2.15. The van der Waals surface area contributed by atoms with Gasteiger partial charge in [0.25, 0.3) is 0 Å². The van der Waals surface area contributed by atoms with Gasteiger partial charge in [-0.15, -0.1) is 11.6 Å². The monoisotopic (exact) mass is 258 g/mol. The maximum atomic E-state index is 11.1. The lowest BCUT2D eigenvalue weighted by atomic mass is 10.2. The topological polar surface area (TPSA) is 41.1 Å². The molecule has 2 N–H and O–H groups in total. The highest BCUT2D eigenvalue weighted by molar-refractivity contribution is 6.32. The molecule has 0 heterocycles. The molecule has 0 aliphatic heterocycles. The van der Waals surface area contributed by atoms with E-state index in [4.69, 9.17) is 23.2 Å². The summed E-state index contributed by atoms with van der Waals surface area (Å²) in [6.07, 6.45) is 3.26. The Morgan fingerprint density at radius 2 is 2.12 bits per heavy atom. The molecule has 5 heteroatoms. The minimum Gasteiger partial charge on any atom is -0.337 e. The molecule has 0 unspecified atom stereocenters. The van der Waals surface area contributed by atoms with Gasteiger partial charge in [-0.1, -0.05) is 29.8 Å². The Bertz CT molecular complexity index is 380. The molecule has 0 atom stereocenters. The van der Waals surface area contributed by atoms with Gasteiger partial charge in [-0.3, -0.25) is 0 Å². The third kappa shape index (κ3) is 4.55. The largest absolute Gasteiger partial charge is 0.337 e. The zero-order chi connectivity index (χ0) is 11.8. The van der Waals surface area contributed by atoms with Crippen LogP contribution < -0.4 is 10.6 Å². The molecular weight excluding hydrogens is 247 g/mol. The molecule has 3 nitrogen and oxygen atoms in total. The first kappa shape index (κ1) is 12.9. The van der Waals surface area contributed by atoms with Crippen LogP contribution in [-0.2, 0) is 0 Å².